The summed E-state index contributed by atoms with van der Waals surface area (Å²) in [5.74, 6) is 0.403. The van der Waals surface area contributed by atoms with E-state index in [4.69, 9.17) is 12.2 Å². The number of benzene rings is 2. The van der Waals surface area contributed by atoms with Gasteiger partial charge in [0.15, 0.2) is 0 Å². The van der Waals surface area contributed by atoms with E-state index in [9.17, 15) is 0 Å². The largest absolute Gasteiger partial charge is 0.131 e. The number of hydrogen-bond acceptors (Lipinski definition) is 1. The molecule has 0 N–H and O–H groups in total. The molecule has 2 aromatic carbocycles. The topological polar surface area (TPSA) is 0 Å². The van der Waals surface area contributed by atoms with Crippen LogP contribution in [0.1, 0.15) is 29.5 Å². The maximum atomic E-state index is 5.23. The minimum absolute atomic E-state index is 0.403. The molecule has 98 valence electrons. The maximum Gasteiger partial charge on any atom is 0.0750 e. The second-order valence-corrected chi connectivity index (χ2v) is 6.70. The Morgan fingerprint density at radius 1 is 1.21 bits per heavy atom. The first-order valence-electron chi connectivity index (χ1n) is 6.14. The predicted octanol–water partition coefficient (Wildman–Crippen LogP) is 5.40. The maximum absolute atomic E-state index is 5.23. The van der Waals surface area contributed by atoms with Crippen LogP contribution in [0.5, 0.6) is 0 Å². The van der Waals surface area contributed by atoms with Crippen LogP contribution in [0, 0.1) is 0 Å². The third-order valence-corrected chi connectivity index (χ3v) is 4.11. The van der Waals surface area contributed by atoms with Crippen LogP contribution in [0.3, 0.4) is 0 Å². The molecule has 19 heavy (non-hydrogen) atoms. The third-order valence-electron chi connectivity index (χ3n) is 3.16. The van der Waals surface area contributed by atoms with Crippen molar-refractivity contribution >= 4 is 45.0 Å². The number of halogens is 1. The molecule has 2 rings (SSSR count). The molecule has 0 nitrogen and oxygen atoms in total. The molecule has 0 aromatic heterocycles. The second kappa shape index (κ2) is 6.69. The third kappa shape index (κ3) is 3.91. The minimum Gasteiger partial charge on any atom is -0.131 e. The van der Waals surface area contributed by atoms with Crippen molar-refractivity contribution in [3.63, 3.8) is 0 Å². The summed E-state index contributed by atoms with van der Waals surface area (Å²) in [6, 6.07) is 16.7. The molecule has 0 saturated carbocycles. The highest BCUT2D eigenvalue weighted by Crippen LogP contribution is 2.28. The highest BCUT2D eigenvalue weighted by molar-refractivity contribution is 9.10. The summed E-state index contributed by atoms with van der Waals surface area (Å²) in [6.07, 6.45) is 1.00. The zero-order valence-electron chi connectivity index (χ0n) is 10.6. The van der Waals surface area contributed by atoms with E-state index in [2.05, 4.69) is 65.8 Å². The average molecular weight is 351 g/mol. The molecular formula is C16H15BrS2. The van der Waals surface area contributed by atoms with Crippen LogP contribution in [0.25, 0.3) is 0 Å². The van der Waals surface area contributed by atoms with Crippen molar-refractivity contribution in [2.75, 3.05) is 0 Å². The van der Waals surface area contributed by atoms with Crippen LogP contribution >= 0.6 is 40.8 Å². The summed E-state index contributed by atoms with van der Waals surface area (Å²) >= 11 is 13.1. The lowest BCUT2D eigenvalue weighted by Crippen LogP contribution is -2.04. The monoisotopic (exact) mass is 350 g/mol. The Morgan fingerprint density at radius 2 is 1.89 bits per heavy atom. The predicted molar refractivity (Wildman–Crippen MR) is 93.4 cm³/mol. The van der Waals surface area contributed by atoms with Crippen molar-refractivity contribution < 1.29 is 0 Å². The van der Waals surface area contributed by atoms with Gasteiger partial charge in [-0.1, -0.05) is 71.5 Å². The highest BCUT2D eigenvalue weighted by Gasteiger charge is 2.13. The summed E-state index contributed by atoms with van der Waals surface area (Å²) in [6.45, 7) is 2.23. The Bertz CT molecular complexity index is 579. The summed E-state index contributed by atoms with van der Waals surface area (Å²) in [5, 5.41) is 0. The van der Waals surface area contributed by atoms with Crippen molar-refractivity contribution in [3.05, 3.63) is 69.7 Å². The lowest BCUT2D eigenvalue weighted by atomic mass is 9.91. The molecular weight excluding hydrogens is 336 g/mol. The van der Waals surface area contributed by atoms with E-state index >= 15 is 0 Å². The van der Waals surface area contributed by atoms with Gasteiger partial charge in [0.05, 0.1) is 4.20 Å². The molecule has 2 aromatic rings. The van der Waals surface area contributed by atoms with E-state index in [0.717, 1.165) is 16.5 Å². The van der Waals surface area contributed by atoms with Gasteiger partial charge < -0.3 is 0 Å². The van der Waals surface area contributed by atoms with Crippen molar-refractivity contribution in [2.45, 2.75) is 19.3 Å². The number of rotatable bonds is 4. The molecule has 0 saturated heterocycles. The van der Waals surface area contributed by atoms with E-state index in [1.807, 2.05) is 18.2 Å². The molecule has 0 spiro atoms. The van der Waals surface area contributed by atoms with E-state index < -0.39 is 0 Å². The lowest BCUT2D eigenvalue weighted by Gasteiger charge is -2.16. The van der Waals surface area contributed by atoms with E-state index in [1.54, 1.807) is 0 Å². The SMILES string of the molecule is CC(Cc1ccccc1)c1cc(Br)ccc1C(=S)S. The first kappa shape index (κ1) is 14.8. The Balaban J connectivity index is 2.30. The fraction of sp³-hybridized carbons (Fsp3) is 0.188. The van der Waals surface area contributed by atoms with E-state index in [-0.39, 0.29) is 0 Å². The van der Waals surface area contributed by atoms with Gasteiger partial charge in [-0.25, -0.2) is 0 Å². The molecule has 1 atom stereocenters. The van der Waals surface area contributed by atoms with Crippen molar-refractivity contribution in [3.8, 4) is 0 Å². The lowest BCUT2D eigenvalue weighted by molar-refractivity contribution is 0.757. The van der Waals surface area contributed by atoms with Crippen LogP contribution in [-0.2, 0) is 6.42 Å². The molecule has 0 radical (unpaired) electrons. The summed E-state index contributed by atoms with van der Waals surface area (Å²) < 4.78 is 1.73. The van der Waals surface area contributed by atoms with Gasteiger partial charge in [0.2, 0.25) is 0 Å². The Morgan fingerprint density at radius 3 is 2.53 bits per heavy atom. The molecule has 3 heteroatoms. The van der Waals surface area contributed by atoms with Gasteiger partial charge in [0, 0.05) is 10.0 Å². The Labute approximate surface area is 133 Å². The Kier molecular flexibility index (Phi) is 5.20. The first-order valence-corrected chi connectivity index (χ1v) is 7.79. The van der Waals surface area contributed by atoms with Gasteiger partial charge in [-0.05, 0) is 35.6 Å². The van der Waals surface area contributed by atoms with Crippen LogP contribution < -0.4 is 0 Å². The molecule has 0 heterocycles. The van der Waals surface area contributed by atoms with Crippen molar-refractivity contribution in [1.82, 2.24) is 0 Å². The van der Waals surface area contributed by atoms with Gasteiger partial charge in [0.1, 0.15) is 0 Å². The molecule has 0 aliphatic rings. The average Bonchev–Trinajstić information content (AvgIpc) is 2.39. The summed E-state index contributed by atoms with van der Waals surface area (Å²) in [7, 11) is 0. The number of hydrogen-bond donors (Lipinski definition) is 1. The van der Waals surface area contributed by atoms with Crippen LogP contribution in [-0.4, -0.2) is 4.20 Å². The molecule has 0 fully saturated rings. The van der Waals surface area contributed by atoms with Gasteiger partial charge in [-0.15, -0.1) is 12.6 Å². The fourth-order valence-electron chi connectivity index (χ4n) is 2.21. The molecule has 1 unspecified atom stereocenters. The van der Waals surface area contributed by atoms with Crippen molar-refractivity contribution in [2.24, 2.45) is 0 Å². The molecule has 0 bridgehead atoms. The smallest absolute Gasteiger partial charge is 0.0750 e. The Hall–Kier alpha value is -0.640. The number of thiocarbonyl (C=S) groups is 1. The molecule has 0 amide bonds. The summed E-state index contributed by atoms with van der Waals surface area (Å²) in [4.78, 5) is 0. The minimum atomic E-state index is 0.403. The van der Waals surface area contributed by atoms with Gasteiger partial charge in [-0.3, -0.25) is 0 Å². The van der Waals surface area contributed by atoms with Gasteiger partial charge in [0.25, 0.3) is 0 Å². The van der Waals surface area contributed by atoms with Gasteiger partial charge in [-0.2, -0.15) is 0 Å². The normalized spacial score (nSPS) is 12.2. The quantitative estimate of drug-likeness (QED) is 0.568. The number of thiol groups is 1. The van der Waals surface area contributed by atoms with Crippen LogP contribution in [0.4, 0.5) is 0 Å². The molecule has 0 aliphatic heterocycles. The zero-order valence-corrected chi connectivity index (χ0v) is 13.9. The molecule has 0 aliphatic carbocycles. The summed E-state index contributed by atoms with van der Waals surface area (Å²) in [5.41, 5.74) is 3.65. The second-order valence-electron chi connectivity index (χ2n) is 4.63. The fourth-order valence-corrected chi connectivity index (χ4v) is 2.98. The standard InChI is InChI=1S/C16H15BrS2/c1-11(9-12-5-3-2-4-6-12)15-10-13(17)7-8-14(15)16(18)19/h2-8,10-11H,9H2,1H3,(H,18,19). The van der Waals surface area contributed by atoms with Crippen LogP contribution in [0.2, 0.25) is 0 Å². The zero-order chi connectivity index (χ0) is 13.8. The van der Waals surface area contributed by atoms with Gasteiger partial charge >= 0.3 is 0 Å². The first-order chi connectivity index (χ1) is 9.08. The van der Waals surface area contributed by atoms with Crippen LogP contribution in [0.15, 0.2) is 53.0 Å². The van der Waals surface area contributed by atoms with E-state index in [0.29, 0.717) is 10.1 Å². The van der Waals surface area contributed by atoms with E-state index in [1.165, 1.54) is 11.1 Å². The highest BCUT2D eigenvalue weighted by atomic mass is 79.9. The van der Waals surface area contributed by atoms with Crippen molar-refractivity contribution in [1.29, 1.82) is 0 Å².